The number of carbonyl (C=O) groups is 1. The second-order valence-corrected chi connectivity index (χ2v) is 9.15. The fraction of sp³-hybridized carbons (Fsp3) is 0.409. The monoisotopic (exact) mass is 477 g/mol. The van der Waals surface area contributed by atoms with E-state index in [2.05, 4.69) is 15.4 Å². The molecule has 33 heavy (non-hydrogen) atoms. The fourth-order valence-corrected chi connectivity index (χ4v) is 4.78. The number of hydrogen-bond donors (Lipinski definition) is 2. The van der Waals surface area contributed by atoms with Gasteiger partial charge in [-0.05, 0) is 37.8 Å². The number of nitrogens with one attached hydrogen (secondary N) is 1. The second kappa shape index (κ2) is 8.88. The molecule has 5 rings (SSSR count). The molecule has 0 radical (unpaired) electrons. The number of benzene rings is 1. The molecule has 7 nitrogen and oxygen atoms in total. The third kappa shape index (κ3) is 4.40. The minimum atomic E-state index is -1.25. The second-order valence-electron chi connectivity index (χ2n) is 8.29. The predicted octanol–water partition coefficient (Wildman–Crippen LogP) is 4.39. The van der Waals surface area contributed by atoms with Crippen LogP contribution in [0.15, 0.2) is 29.8 Å². The molecule has 1 saturated carbocycles. The Morgan fingerprint density at radius 1 is 1.21 bits per heavy atom. The van der Waals surface area contributed by atoms with Gasteiger partial charge in [0.25, 0.3) is 5.91 Å². The normalized spacial score (nSPS) is 23.3. The number of aromatic nitrogens is 3. The maximum Gasteiger partial charge on any atom is 0.275 e. The Balaban J connectivity index is 1.40. The molecule has 11 heteroatoms. The standard InChI is InChI=1S/C22H22F3N5O2S/c23-12-2-1-3-13(24)19(12)22-29-17(10-33-22)21(31)28-16-8-27-30(11-4-5-11)20(16)18-7-6-15(26)14(25)9-32-18/h1-3,8,10-11,14-15,18H,4-7,9,26H2,(H,28,31)/t14-,15-,18+/m0/s1. The molecule has 1 saturated heterocycles. The van der Waals surface area contributed by atoms with Crippen LogP contribution in [0.2, 0.25) is 0 Å². The van der Waals surface area contributed by atoms with Crippen LogP contribution in [-0.4, -0.2) is 39.5 Å². The lowest BCUT2D eigenvalue weighted by Gasteiger charge is -2.19. The van der Waals surface area contributed by atoms with Crippen molar-refractivity contribution in [3.05, 3.63) is 52.8 Å². The van der Waals surface area contributed by atoms with Crippen molar-refractivity contribution >= 4 is 22.9 Å². The summed E-state index contributed by atoms with van der Waals surface area (Å²) < 4.78 is 49.9. The van der Waals surface area contributed by atoms with E-state index >= 15 is 0 Å². The minimum absolute atomic E-state index is 0.0235. The average Bonchev–Trinajstić information content (AvgIpc) is 3.42. The molecule has 1 aromatic carbocycles. The Morgan fingerprint density at radius 3 is 2.70 bits per heavy atom. The summed E-state index contributed by atoms with van der Waals surface area (Å²) in [5, 5.41) is 8.73. The first-order chi connectivity index (χ1) is 15.9. The number of thiazole rings is 1. The number of ether oxygens (including phenoxy) is 1. The molecule has 3 heterocycles. The summed E-state index contributed by atoms with van der Waals surface area (Å²) >= 11 is 0.972. The number of amides is 1. The Bertz CT molecular complexity index is 1150. The summed E-state index contributed by atoms with van der Waals surface area (Å²) in [6.07, 6.45) is 2.69. The van der Waals surface area contributed by atoms with Crippen molar-refractivity contribution in [2.45, 2.75) is 50.0 Å². The quantitative estimate of drug-likeness (QED) is 0.568. The van der Waals surface area contributed by atoms with E-state index in [0.29, 0.717) is 24.2 Å². The molecular weight excluding hydrogens is 455 g/mol. The molecule has 3 aromatic rings. The molecule has 1 amide bonds. The molecule has 1 aliphatic carbocycles. The number of carbonyl (C=O) groups excluding carboxylic acids is 1. The van der Waals surface area contributed by atoms with Crippen molar-refractivity contribution in [2.75, 3.05) is 11.9 Å². The van der Waals surface area contributed by atoms with Gasteiger partial charge in [-0.1, -0.05) is 6.07 Å². The number of halogens is 3. The third-order valence-corrected chi connectivity index (χ3v) is 6.74. The molecule has 1 aliphatic heterocycles. The van der Waals surface area contributed by atoms with Gasteiger partial charge >= 0.3 is 0 Å². The van der Waals surface area contributed by atoms with Gasteiger partial charge in [-0.2, -0.15) is 5.10 Å². The van der Waals surface area contributed by atoms with Crippen LogP contribution in [0.4, 0.5) is 18.9 Å². The van der Waals surface area contributed by atoms with Crippen LogP contribution in [0, 0.1) is 11.6 Å². The molecule has 2 aliphatic rings. The van der Waals surface area contributed by atoms with Crippen molar-refractivity contribution in [3.8, 4) is 10.6 Å². The summed E-state index contributed by atoms with van der Waals surface area (Å²) in [6, 6.07) is 3.15. The fourth-order valence-electron chi connectivity index (χ4n) is 3.94. The summed E-state index contributed by atoms with van der Waals surface area (Å²) in [6.45, 7) is -0.126. The molecule has 2 fully saturated rings. The lowest BCUT2D eigenvalue weighted by Crippen LogP contribution is -2.32. The van der Waals surface area contributed by atoms with Gasteiger partial charge in [0.05, 0.1) is 35.8 Å². The molecule has 3 N–H and O–H groups in total. The molecule has 174 valence electrons. The maximum atomic E-state index is 14.1. The van der Waals surface area contributed by atoms with Crippen LogP contribution in [0.25, 0.3) is 10.6 Å². The highest BCUT2D eigenvalue weighted by Gasteiger charge is 2.35. The van der Waals surface area contributed by atoms with Crippen LogP contribution in [0.3, 0.4) is 0 Å². The largest absolute Gasteiger partial charge is 0.369 e. The predicted molar refractivity (Wildman–Crippen MR) is 117 cm³/mol. The van der Waals surface area contributed by atoms with E-state index in [-0.39, 0.29) is 28.9 Å². The number of rotatable bonds is 5. The highest BCUT2D eigenvalue weighted by atomic mass is 32.1. The first kappa shape index (κ1) is 22.1. The summed E-state index contributed by atoms with van der Waals surface area (Å²) in [5.41, 5.74) is 6.72. The number of hydrogen-bond acceptors (Lipinski definition) is 6. The molecule has 2 aromatic heterocycles. The Hall–Kier alpha value is -2.76. The van der Waals surface area contributed by atoms with Gasteiger partial charge in [-0.15, -0.1) is 11.3 Å². The Morgan fingerprint density at radius 2 is 1.97 bits per heavy atom. The van der Waals surface area contributed by atoms with Gasteiger partial charge < -0.3 is 15.8 Å². The van der Waals surface area contributed by atoms with Crippen LogP contribution in [0.1, 0.15) is 54.0 Å². The van der Waals surface area contributed by atoms with Gasteiger partial charge in [0.1, 0.15) is 34.6 Å². The van der Waals surface area contributed by atoms with Crippen molar-refractivity contribution in [1.82, 2.24) is 14.8 Å². The van der Waals surface area contributed by atoms with E-state index in [9.17, 15) is 18.0 Å². The Kier molecular flexibility index (Phi) is 5.94. The van der Waals surface area contributed by atoms with Crippen molar-refractivity contribution in [1.29, 1.82) is 0 Å². The number of nitrogens with two attached hydrogens (primary N) is 1. The van der Waals surface area contributed by atoms with E-state index in [1.54, 1.807) is 0 Å². The van der Waals surface area contributed by atoms with Crippen LogP contribution >= 0.6 is 11.3 Å². The highest BCUT2D eigenvalue weighted by molar-refractivity contribution is 7.13. The van der Waals surface area contributed by atoms with Crippen LogP contribution in [0.5, 0.6) is 0 Å². The van der Waals surface area contributed by atoms with E-state index in [0.717, 1.165) is 36.3 Å². The zero-order valence-corrected chi connectivity index (χ0v) is 18.3. The van der Waals surface area contributed by atoms with Crippen molar-refractivity contribution < 1.29 is 22.7 Å². The number of alkyl halides is 1. The zero-order valence-electron chi connectivity index (χ0n) is 17.5. The van der Waals surface area contributed by atoms with Gasteiger partial charge in [-0.3, -0.25) is 9.48 Å². The van der Waals surface area contributed by atoms with E-state index < -0.39 is 35.9 Å². The van der Waals surface area contributed by atoms with Crippen LogP contribution < -0.4 is 11.1 Å². The van der Waals surface area contributed by atoms with Gasteiger partial charge in [0, 0.05) is 11.4 Å². The Labute approximate surface area is 191 Å². The molecule has 0 bridgehead atoms. The average molecular weight is 478 g/mol. The zero-order chi connectivity index (χ0) is 23.1. The van der Waals surface area contributed by atoms with Gasteiger partial charge in [0.15, 0.2) is 0 Å². The topological polar surface area (TPSA) is 95.1 Å². The van der Waals surface area contributed by atoms with Gasteiger partial charge in [-0.25, -0.2) is 18.2 Å². The van der Waals surface area contributed by atoms with E-state index in [4.69, 9.17) is 10.5 Å². The lowest BCUT2D eigenvalue weighted by atomic mass is 10.0. The van der Waals surface area contributed by atoms with Crippen molar-refractivity contribution in [3.63, 3.8) is 0 Å². The first-order valence-corrected chi connectivity index (χ1v) is 11.6. The van der Waals surface area contributed by atoms with Crippen molar-refractivity contribution in [2.24, 2.45) is 5.73 Å². The SMILES string of the molecule is N[C@H]1CC[C@H](c2c(NC(=O)c3csc(-c4c(F)cccc4F)n3)cnn2C2CC2)OC[C@@H]1F. The smallest absolute Gasteiger partial charge is 0.275 e. The minimum Gasteiger partial charge on any atom is -0.369 e. The lowest BCUT2D eigenvalue weighted by molar-refractivity contribution is 0.0241. The summed E-state index contributed by atoms with van der Waals surface area (Å²) in [5.74, 6) is -2.04. The third-order valence-electron chi connectivity index (χ3n) is 5.88. The number of nitrogens with zero attached hydrogens (tertiary/aromatic N) is 3. The molecular formula is C22H22F3N5O2S. The number of anilines is 1. The highest BCUT2D eigenvalue weighted by Crippen LogP contribution is 2.41. The maximum absolute atomic E-state index is 14.1. The van der Waals surface area contributed by atoms with E-state index in [1.165, 1.54) is 17.6 Å². The molecule has 3 atom stereocenters. The summed E-state index contributed by atoms with van der Waals surface area (Å²) in [7, 11) is 0. The molecule has 0 unspecified atom stereocenters. The van der Waals surface area contributed by atoms with Gasteiger partial charge in [0.2, 0.25) is 0 Å². The first-order valence-electron chi connectivity index (χ1n) is 10.7. The molecule has 0 spiro atoms. The van der Waals surface area contributed by atoms with Crippen LogP contribution in [-0.2, 0) is 4.74 Å². The van der Waals surface area contributed by atoms with E-state index in [1.807, 2.05) is 4.68 Å². The summed E-state index contributed by atoms with van der Waals surface area (Å²) in [4.78, 5) is 17.0.